The summed E-state index contributed by atoms with van der Waals surface area (Å²) in [7, 11) is -1.68. The van der Waals surface area contributed by atoms with Gasteiger partial charge in [-0.1, -0.05) is 12.1 Å². The summed E-state index contributed by atoms with van der Waals surface area (Å²) in [5, 5.41) is -0.278. The minimum atomic E-state index is -3.30. The lowest BCUT2D eigenvalue weighted by Crippen LogP contribution is -2.42. The maximum Gasteiger partial charge on any atom is 0.235 e. The van der Waals surface area contributed by atoms with E-state index in [9.17, 15) is 13.2 Å². The molecule has 1 saturated carbocycles. The summed E-state index contributed by atoms with van der Waals surface area (Å²) in [6.07, 6.45) is 4.67. The number of anilines is 1. The fourth-order valence-electron chi connectivity index (χ4n) is 3.60. The number of amides is 1. The Kier molecular flexibility index (Phi) is 6.31. The number of nitrogens with zero attached hydrogens (tertiary/aromatic N) is 2. The fraction of sp³-hybridized carbons (Fsp3) is 0.455. The standard InChI is InChI=1S/C22H27N3O5S/c1-29-19-4-2-3-16(13-19)14-22(26)25-11-9-18(10-12-25)30-21-8-5-17(15-23-21)24-31(27,28)20-6-7-20/h2-5,8,13,15,18,20,24H,6-7,9-12,14H2,1H3. The number of pyridine rings is 1. The largest absolute Gasteiger partial charge is 0.497 e. The van der Waals surface area contributed by atoms with Crippen molar-refractivity contribution >= 4 is 21.6 Å². The number of carbonyl (C=O) groups excluding carboxylic acids is 1. The van der Waals surface area contributed by atoms with Crippen molar-refractivity contribution in [2.75, 3.05) is 24.9 Å². The van der Waals surface area contributed by atoms with Crippen molar-refractivity contribution in [2.24, 2.45) is 0 Å². The second-order valence-corrected chi connectivity index (χ2v) is 9.92. The monoisotopic (exact) mass is 445 g/mol. The molecule has 2 aliphatic rings. The van der Waals surface area contributed by atoms with E-state index < -0.39 is 10.0 Å². The first-order valence-corrected chi connectivity index (χ1v) is 12.0. The van der Waals surface area contributed by atoms with E-state index in [0.29, 0.717) is 43.9 Å². The molecule has 1 aliphatic carbocycles. The molecule has 0 bridgehead atoms. The average Bonchev–Trinajstić information content (AvgIpc) is 3.62. The van der Waals surface area contributed by atoms with Gasteiger partial charge in [0.25, 0.3) is 0 Å². The van der Waals surface area contributed by atoms with E-state index in [1.165, 1.54) is 6.20 Å². The number of carbonyl (C=O) groups is 1. The van der Waals surface area contributed by atoms with E-state index in [1.807, 2.05) is 29.2 Å². The van der Waals surface area contributed by atoms with Crippen LogP contribution in [0.3, 0.4) is 0 Å². The Hall–Kier alpha value is -2.81. The third-order valence-electron chi connectivity index (χ3n) is 5.53. The molecule has 4 rings (SSSR count). The maximum absolute atomic E-state index is 12.6. The van der Waals surface area contributed by atoms with Crippen LogP contribution in [-0.2, 0) is 21.2 Å². The van der Waals surface area contributed by atoms with Crippen molar-refractivity contribution in [1.82, 2.24) is 9.88 Å². The second kappa shape index (κ2) is 9.13. The van der Waals surface area contributed by atoms with Gasteiger partial charge in [-0.25, -0.2) is 13.4 Å². The van der Waals surface area contributed by atoms with Gasteiger partial charge < -0.3 is 14.4 Å². The summed E-state index contributed by atoms with van der Waals surface area (Å²) < 4.78 is 37.7. The quantitative estimate of drug-likeness (QED) is 0.671. The molecular formula is C22H27N3O5S. The maximum atomic E-state index is 12.6. The number of hydrogen-bond acceptors (Lipinski definition) is 6. The number of benzene rings is 1. The molecule has 166 valence electrons. The number of aromatic nitrogens is 1. The van der Waals surface area contributed by atoms with Crippen molar-refractivity contribution in [2.45, 2.75) is 43.5 Å². The Morgan fingerprint density at radius 3 is 2.58 bits per heavy atom. The number of ether oxygens (including phenoxy) is 2. The van der Waals surface area contributed by atoms with Crippen molar-refractivity contribution in [1.29, 1.82) is 0 Å². The summed E-state index contributed by atoms with van der Waals surface area (Å²) >= 11 is 0. The highest BCUT2D eigenvalue weighted by Crippen LogP contribution is 2.30. The van der Waals surface area contributed by atoms with Crippen molar-refractivity contribution in [3.05, 3.63) is 48.2 Å². The molecular weight excluding hydrogens is 418 g/mol. The van der Waals surface area contributed by atoms with Crippen LogP contribution in [-0.4, -0.2) is 55.8 Å². The highest BCUT2D eigenvalue weighted by molar-refractivity contribution is 7.93. The molecule has 9 heteroatoms. The van der Waals surface area contributed by atoms with Gasteiger partial charge in [-0.3, -0.25) is 9.52 Å². The summed E-state index contributed by atoms with van der Waals surface area (Å²) in [6, 6.07) is 10.9. The highest BCUT2D eigenvalue weighted by Gasteiger charge is 2.35. The van der Waals surface area contributed by atoms with Crippen molar-refractivity contribution < 1.29 is 22.7 Å². The van der Waals surface area contributed by atoms with Gasteiger partial charge in [0.2, 0.25) is 21.8 Å². The topological polar surface area (TPSA) is 97.8 Å². The molecule has 0 radical (unpaired) electrons. The summed E-state index contributed by atoms with van der Waals surface area (Å²) in [5.74, 6) is 1.30. The van der Waals surface area contributed by atoms with Crippen LogP contribution in [0, 0.1) is 0 Å². The van der Waals surface area contributed by atoms with Crippen molar-refractivity contribution in [3.63, 3.8) is 0 Å². The normalized spacial score (nSPS) is 17.3. The molecule has 1 aromatic carbocycles. The van der Waals surface area contributed by atoms with Crippen LogP contribution in [0.15, 0.2) is 42.6 Å². The van der Waals surface area contributed by atoms with Crippen LogP contribution in [0.1, 0.15) is 31.2 Å². The Morgan fingerprint density at radius 2 is 1.94 bits per heavy atom. The number of hydrogen-bond donors (Lipinski definition) is 1. The number of methoxy groups -OCH3 is 1. The Morgan fingerprint density at radius 1 is 1.16 bits per heavy atom. The van der Waals surface area contributed by atoms with E-state index in [0.717, 1.165) is 24.2 Å². The molecule has 1 saturated heterocycles. The van der Waals surface area contributed by atoms with Crippen molar-refractivity contribution in [3.8, 4) is 11.6 Å². The molecule has 0 atom stereocenters. The average molecular weight is 446 g/mol. The van der Waals surface area contributed by atoms with Crippen LogP contribution in [0.5, 0.6) is 11.6 Å². The first kappa shape index (κ1) is 21.4. The number of piperidine rings is 1. The first-order valence-electron chi connectivity index (χ1n) is 10.5. The van der Waals surface area contributed by atoms with Gasteiger partial charge in [0, 0.05) is 32.0 Å². The zero-order valence-electron chi connectivity index (χ0n) is 17.5. The molecule has 1 N–H and O–H groups in total. The van der Waals surface area contributed by atoms with E-state index in [1.54, 1.807) is 19.2 Å². The number of likely N-dealkylation sites (tertiary alicyclic amines) is 1. The molecule has 1 amide bonds. The summed E-state index contributed by atoms with van der Waals surface area (Å²) in [5.41, 5.74) is 1.38. The predicted molar refractivity (Wildman–Crippen MR) is 117 cm³/mol. The Balaban J connectivity index is 1.24. The number of rotatable bonds is 8. The molecule has 1 aliphatic heterocycles. The van der Waals surface area contributed by atoms with Crippen LogP contribution >= 0.6 is 0 Å². The van der Waals surface area contributed by atoms with Gasteiger partial charge >= 0.3 is 0 Å². The first-order chi connectivity index (χ1) is 14.9. The molecule has 0 spiro atoms. The van der Waals surface area contributed by atoms with Crippen LogP contribution < -0.4 is 14.2 Å². The molecule has 1 aromatic heterocycles. The summed E-state index contributed by atoms with van der Waals surface area (Å²) in [6.45, 7) is 1.26. The van der Waals surface area contributed by atoms with E-state index in [4.69, 9.17) is 9.47 Å². The van der Waals surface area contributed by atoms with Gasteiger partial charge in [0.15, 0.2) is 0 Å². The zero-order chi connectivity index (χ0) is 21.8. The van der Waals surface area contributed by atoms with E-state index in [2.05, 4.69) is 9.71 Å². The highest BCUT2D eigenvalue weighted by atomic mass is 32.2. The number of nitrogens with one attached hydrogen (secondary N) is 1. The van der Waals surface area contributed by atoms with Crippen LogP contribution in [0.2, 0.25) is 0 Å². The Labute approximate surface area is 182 Å². The molecule has 2 fully saturated rings. The van der Waals surface area contributed by atoms with Gasteiger partial charge in [-0.15, -0.1) is 0 Å². The summed E-state index contributed by atoms with van der Waals surface area (Å²) in [4.78, 5) is 18.7. The van der Waals surface area contributed by atoms with E-state index >= 15 is 0 Å². The van der Waals surface area contributed by atoms with Crippen LogP contribution in [0.25, 0.3) is 0 Å². The molecule has 0 unspecified atom stereocenters. The lowest BCUT2D eigenvalue weighted by molar-refractivity contribution is -0.132. The van der Waals surface area contributed by atoms with Gasteiger partial charge in [-0.05, 0) is 36.6 Å². The third kappa shape index (κ3) is 5.66. The number of sulfonamides is 1. The lowest BCUT2D eigenvalue weighted by Gasteiger charge is -2.32. The second-order valence-electron chi connectivity index (χ2n) is 7.96. The lowest BCUT2D eigenvalue weighted by atomic mass is 10.1. The Bertz CT molecular complexity index is 1010. The molecule has 2 heterocycles. The molecule has 31 heavy (non-hydrogen) atoms. The zero-order valence-corrected chi connectivity index (χ0v) is 18.3. The van der Waals surface area contributed by atoms with Gasteiger partial charge in [0.05, 0.1) is 30.7 Å². The third-order valence-corrected chi connectivity index (χ3v) is 7.40. The fourth-order valence-corrected chi connectivity index (χ4v) is 4.97. The SMILES string of the molecule is COc1cccc(CC(=O)N2CCC(Oc3ccc(NS(=O)(=O)C4CC4)cn3)CC2)c1. The van der Waals surface area contributed by atoms with E-state index in [-0.39, 0.29) is 17.3 Å². The van der Waals surface area contributed by atoms with Gasteiger partial charge in [-0.2, -0.15) is 0 Å². The van der Waals surface area contributed by atoms with Gasteiger partial charge in [0.1, 0.15) is 11.9 Å². The minimum Gasteiger partial charge on any atom is -0.497 e. The minimum absolute atomic E-state index is 0.0256. The predicted octanol–water partition coefficient (Wildman–Crippen LogP) is 2.61. The molecule has 8 nitrogen and oxygen atoms in total. The van der Waals surface area contributed by atoms with Crippen LogP contribution in [0.4, 0.5) is 5.69 Å². The molecule has 2 aromatic rings. The smallest absolute Gasteiger partial charge is 0.235 e.